The molecule has 0 aromatic heterocycles. The normalized spacial score (nSPS) is 20.4. The SMILES string of the molecule is CCC(N)N1CCC(C(=O)OC)(c2ccccc2)CC1. The molecule has 0 aliphatic carbocycles. The number of hydrogen-bond acceptors (Lipinski definition) is 4. The van der Waals surface area contributed by atoms with Gasteiger partial charge in [0.15, 0.2) is 0 Å². The second-order valence-corrected chi connectivity index (χ2v) is 5.45. The van der Waals surface area contributed by atoms with Gasteiger partial charge in [-0.3, -0.25) is 9.69 Å². The van der Waals surface area contributed by atoms with Gasteiger partial charge in [0.2, 0.25) is 0 Å². The van der Waals surface area contributed by atoms with Gasteiger partial charge >= 0.3 is 5.97 Å². The number of nitrogens with two attached hydrogens (primary N) is 1. The highest BCUT2D eigenvalue weighted by atomic mass is 16.5. The largest absolute Gasteiger partial charge is 0.468 e. The number of carbonyl (C=O) groups excluding carboxylic acids is 1. The molecule has 0 spiro atoms. The van der Waals surface area contributed by atoms with Crippen LogP contribution in [0.25, 0.3) is 0 Å². The minimum atomic E-state index is -0.514. The second-order valence-electron chi connectivity index (χ2n) is 5.45. The van der Waals surface area contributed by atoms with Crippen LogP contribution in [-0.2, 0) is 14.9 Å². The Hall–Kier alpha value is -1.39. The quantitative estimate of drug-likeness (QED) is 0.853. The van der Waals surface area contributed by atoms with Crippen molar-refractivity contribution in [1.82, 2.24) is 4.90 Å². The molecule has 2 rings (SSSR count). The van der Waals surface area contributed by atoms with E-state index >= 15 is 0 Å². The Kier molecular flexibility index (Phi) is 4.78. The van der Waals surface area contributed by atoms with Crippen LogP contribution in [0.5, 0.6) is 0 Å². The van der Waals surface area contributed by atoms with E-state index in [0.29, 0.717) is 0 Å². The minimum absolute atomic E-state index is 0.0846. The Labute approximate surface area is 120 Å². The molecule has 1 atom stereocenters. The molecule has 0 amide bonds. The van der Waals surface area contributed by atoms with Crippen LogP contribution in [0.1, 0.15) is 31.7 Å². The molecule has 1 aromatic carbocycles. The molecule has 110 valence electrons. The van der Waals surface area contributed by atoms with E-state index in [1.54, 1.807) is 0 Å². The third kappa shape index (κ3) is 2.72. The lowest BCUT2D eigenvalue weighted by atomic mass is 9.72. The monoisotopic (exact) mass is 276 g/mol. The van der Waals surface area contributed by atoms with Crippen molar-refractivity contribution in [2.75, 3.05) is 20.2 Å². The van der Waals surface area contributed by atoms with Crippen molar-refractivity contribution in [3.05, 3.63) is 35.9 Å². The standard InChI is InChI=1S/C16H24N2O2/c1-3-14(17)18-11-9-16(10-12-18,15(19)20-2)13-7-5-4-6-8-13/h4-8,14H,3,9-12,17H2,1-2H3. The Morgan fingerprint density at radius 1 is 1.35 bits per heavy atom. The summed E-state index contributed by atoms with van der Waals surface area (Å²) in [5.41, 5.74) is 6.63. The van der Waals surface area contributed by atoms with Crippen molar-refractivity contribution in [2.45, 2.75) is 37.8 Å². The van der Waals surface area contributed by atoms with Gasteiger partial charge in [0.1, 0.15) is 0 Å². The second kappa shape index (κ2) is 6.37. The summed E-state index contributed by atoms with van der Waals surface area (Å²) in [6.07, 6.45) is 2.53. The van der Waals surface area contributed by atoms with Crippen molar-refractivity contribution in [3.8, 4) is 0 Å². The molecule has 1 aliphatic rings. The molecule has 1 heterocycles. The van der Waals surface area contributed by atoms with Gasteiger partial charge in [0.25, 0.3) is 0 Å². The molecule has 1 saturated heterocycles. The first-order valence-corrected chi connectivity index (χ1v) is 7.27. The van der Waals surface area contributed by atoms with E-state index in [1.165, 1.54) is 7.11 Å². The molecule has 1 unspecified atom stereocenters. The zero-order valence-electron chi connectivity index (χ0n) is 12.3. The zero-order valence-corrected chi connectivity index (χ0v) is 12.3. The number of nitrogens with zero attached hydrogens (tertiary/aromatic N) is 1. The predicted molar refractivity (Wildman–Crippen MR) is 79.2 cm³/mol. The molecular formula is C16H24N2O2. The fourth-order valence-corrected chi connectivity index (χ4v) is 3.06. The number of ether oxygens (including phenoxy) is 1. The van der Waals surface area contributed by atoms with Crippen LogP contribution >= 0.6 is 0 Å². The maximum Gasteiger partial charge on any atom is 0.316 e. The highest BCUT2D eigenvalue weighted by molar-refractivity contribution is 5.83. The van der Waals surface area contributed by atoms with E-state index in [0.717, 1.165) is 37.9 Å². The lowest BCUT2D eigenvalue weighted by Gasteiger charge is -2.42. The first kappa shape index (κ1) is 15.0. The Morgan fingerprint density at radius 2 is 1.95 bits per heavy atom. The van der Waals surface area contributed by atoms with Crippen molar-refractivity contribution >= 4 is 5.97 Å². The van der Waals surface area contributed by atoms with Crippen LogP contribution in [0.4, 0.5) is 0 Å². The van der Waals surface area contributed by atoms with Gasteiger partial charge in [-0.15, -0.1) is 0 Å². The van der Waals surface area contributed by atoms with Crippen LogP contribution in [0.15, 0.2) is 30.3 Å². The van der Waals surface area contributed by atoms with Gasteiger partial charge < -0.3 is 10.5 Å². The summed E-state index contributed by atoms with van der Waals surface area (Å²) < 4.78 is 5.08. The molecule has 4 heteroatoms. The molecule has 2 N–H and O–H groups in total. The summed E-state index contributed by atoms with van der Waals surface area (Å²) >= 11 is 0. The third-order valence-electron chi connectivity index (χ3n) is 4.44. The van der Waals surface area contributed by atoms with Gasteiger partial charge in [0.05, 0.1) is 18.7 Å². The fourth-order valence-electron chi connectivity index (χ4n) is 3.06. The van der Waals surface area contributed by atoms with Crippen molar-refractivity contribution < 1.29 is 9.53 Å². The average Bonchev–Trinajstić information content (AvgIpc) is 2.54. The number of methoxy groups -OCH3 is 1. The topological polar surface area (TPSA) is 55.6 Å². The first-order valence-electron chi connectivity index (χ1n) is 7.27. The molecule has 0 radical (unpaired) electrons. The van der Waals surface area contributed by atoms with Crippen LogP contribution in [-0.4, -0.2) is 37.2 Å². The van der Waals surface area contributed by atoms with Crippen LogP contribution in [0, 0.1) is 0 Å². The Bertz CT molecular complexity index is 439. The van der Waals surface area contributed by atoms with Gasteiger partial charge in [-0.05, 0) is 24.8 Å². The van der Waals surface area contributed by atoms with E-state index in [-0.39, 0.29) is 12.1 Å². The molecule has 1 fully saturated rings. The highest BCUT2D eigenvalue weighted by Gasteiger charge is 2.44. The first-order chi connectivity index (χ1) is 9.64. The predicted octanol–water partition coefficient (Wildman–Crippen LogP) is 1.89. The molecule has 1 aromatic rings. The smallest absolute Gasteiger partial charge is 0.316 e. The van der Waals surface area contributed by atoms with Crippen molar-refractivity contribution in [1.29, 1.82) is 0 Å². The molecule has 4 nitrogen and oxygen atoms in total. The number of likely N-dealkylation sites (tertiary alicyclic amines) is 1. The van der Waals surface area contributed by atoms with Gasteiger partial charge in [-0.2, -0.15) is 0 Å². The lowest BCUT2D eigenvalue weighted by Crippen LogP contribution is -2.52. The molecular weight excluding hydrogens is 252 g/mol. The summed E-state index contributed by atoms with van der Waals surface area (Å²) in [6, 6.07) is 9.96. The van der Waals surface area contributed by atoms with Crippen LogP contribution in [0.3, 0.4) is 0 Å². The third-order valence-corrected chi connectivity index (χ3v) is 4.44. The zero-order chi connectivity index (χ0) is 14.6. The van der Waals surface area contributed by atoms with E-state index in [4.69, 9.17) is 10.5 Å². The van der Waals surface area contributed by atoms with E-state index in [9.17, 15) is 4.79 Å². The molecule has 0 bridgehead atoms. The van der Waals surface area contributed by atoms with E-state index in [1.807, 2.05) is 30.3 Å². The summed E-state index contributed by atoms with van der Waals surface area (Å²) in [4.78, 5) is 14.6. The Balaban J connectivity index is 2.22. The van der Waals surface area contributed by atoms with Gasteiger partial charge in [0, 0.05) is 13.1 Å². The number of piperidine rings is 1. The maximum absolute atomic E-state index is 12.4. The van der Waals surface area contributed by atoms with Crippen LogP contribution in [0.2, 0.25) is 0 Å². The van der Waals surface area contributed by atoms with Gasteiger partial charge in [-0.1, -0.05) is 37.3 Å². The molecule has 1 aliphatic heterocycles. The maximum atomic E-state index is 12.4. The summed E-state index contributed by atoms with van der Waals surface area (Å²) in [5.74, 6) is -0.131. The van der Waals surface area contributed by atoms with Crippen molar-refractivity contribution in [2.24, 2.45) is 5.73 Å². The number of hydrogen-bond donors (Lipinski definition) is 1. The average molecular weight is 276 g/mol. The van der Waals surface area contributed by atoms with Gasteiger partial charge in [-0.25, -0.2) is 0 Å². The molecule has 0 saturated carbocycles. The highest BCUT2D eigenvalue weighted by Crippen LogP contribution is 2.37. The summed E-state index contributed by atoms with van der Waals surface area (Å²) in [5, 5.41) is 0. The Morgan fingerprint density at radius 3 is 2.45 bits per heavy atom. The fraction of sp³-hybridized carbons (Fsp3) is 0.562. The number of esters is 1. The summed E-state index contributed by atoms with van der Waals surface area (Å²) in [6.45, 7) is 3.75. The number of rotatable bonds is 4. The minimum Gasteiger partial charge on any atom is -0.468 e. The summed E-state index contributed by atoms with van der Waals surface area (Å²) in [7, 11) is 1.47. The lowest BCUT2D eigenvalue weighted by molar-refractivity contribution is -0.150. The van der Waals surface area contributed by atoms with Crippen molar-refractivity contribution in [3.63, 3.8) is 0 Å². The van der Waals surface area contributed by atoms with E-state index < -0.39 is 5.41 Å². The van der Waals surface area contributed by atoms with Crippen LogP contribution < -0.4 is 5.73 Å². The number of carbonyl (C=O) groups is 1. The number of benzene rings is 1. The van der Waals surface area contributed by atoms with E-state index in [2.05, 4.69) is 11.8 Å². The molecule has 20 heavy (non-hydrogen) atoms.